The summed E-state index contributed by atoms with van der Waals surface area (Å²) >= 11 is 0. The van der Waals surface area contributed by atoms with Gasteiger partial charge < -0.3 is 0 Å². The van der Waals surface area contributed by atoms with E-state index in [1.807, 2.05) is 6.92 Å². The van der Waals surface area contributed by atoms with E-state index in [0.29, 0.717) is 6.42 Å². The highest BCUT2D eigenvalue weighted by Gasteiger charge is 2.05. The van der Waals surface area contributed by atoms with Crippen LogP contribution < -0.4 is 5.73 Å². The molecule has 0 saturated heterocycles. The van der Waals surface area contributed by atoms with Crippen molar-refractivity contribution in [2.45, 2.75) is 26.2 Å². The summed E-state index contributed by atoms with van der Waals surface area (Å²) in [4.78, 5) is 0. The molecule has 4 heteroatoms. The molecule has 0 aliphatic carbocycles. The highest BCUT2D eigenvalue weighted by Crippen LogP contribution is 1.98. The van der Waals surface area contributed by atoms with Crippen molar-refractivity contribution in [3.63, 3.8) is 0 Å². The van der Waals surface area contributed by atoms with Crippen molar-refractivity contribution in [2.75, 3.05) is 11.6 Å². The van der Waals surface area contributed by atoms with Gasteiger partial charge in [-0.25, -0.2) is 14.2 Å². The van der Waals surface area contributed by atoms with Gasteiger partial charge in [0.25, 0.3) is 0 Å². The summed E-state index contributed by atoms with van der Waals surface area (Å²) in [6.07, 6.45) is 2.67. The van der Waals surface area contributed by atoms with Gasteiger partial charge in [-0.3, -0.25) is 0 Å². The van der Waals surface area contributed by atoms with Crippen molar-refractivity contribution in [2.24, 2.45) is 0 Å². The van der Waals surface area contributed by atoms with E-state index in [4.69, 9.17) is 5.73 Å². The second kappa shape index (κ2) is 4.68. The molecule has 0 unspecified atom stereocenters. The van der Waals surface area contributed by atoms with Crippen molar-refractivity contribution >= 4 is 9.84 Å². The molecular weight excluding hydrogens is 150 g/mol. The Balaban J connectivity index is 3.49. The lowest BCUT2D eigenvalue weighted by Crippen LogP contribution is -2.11. The van der Waals surface area contributed by atoms with Gasteiger partial charge in [-0.2, -0.15) is 0 Å². The number of hydrogen-bond acceptors (Lipinski definition) is 2. The molecule has 3 nitrogen and oxygen atoms in total. The molecule has 0 aliphatic heterocycles. The van der Waals surface area contributed by atoms with E-state index in [1.54, 1.807) is 0 Å². The van der Waals surface area contributed by atoms with Crippen molar-refractivity contribution in [1.82, 2.24) is 5.73 Å². The van der Waals surface area contributed by atoms with Gasteiger partial charge >= 0.3 is 0 Å². The summed E-state index contributed by atoms with van der Waals surface area (Å²) in [5.74, 6) is -0.277. The van der Waals surface area contributed by atoms with E-state index in [9.17, 15) is 8.42 Å². The Hall–Kier alpha value is -0.0900. The molecule has 0 fully saturated rings. The number of rotatable bonds is 5. The zero-order valence-corrected chi connectivity index (χ0v) is 7.08. The van der Waals surface area contributed by atoms with Crippen LogP contribution in [-0.4, -0.2) is 20.0 Å². The zero-order valence-electron chi connectivity index (χ0n) is 6.26. The third kappa shape index (κ3) is 4.76. The third-order valence-electron chi connectivity index (χ3n) is 1.28. The van der Waals surface area contributed by atoms with Crippen LogP contribution in [0.15, 0.2) is 0 Å². The topological polar surface area (TPSA) is 57.9 Å². The molecule has 0 aromatic heterocycles. The Bertz CT molecular complexity index is 163. The molecule has 0 spiro atoms. The SMILES string of the molecule is CCCCCS(=O)(=O)C[NH]. The molecule has 0 aromatic rings. The van der Waals surface area contributed by atoms with E-state index in [-0.39, 0.29) is 5.75 Å². The van der Waals surface area contributed by atoms with Crippen LogP contribution in [-0.2, 0) is 9.84 Å². The first kappa shape index (κ1) is 9.91. The second-order valence-corrected chi connectivity index (χ2v) is 4.48. The van der Waals surface area contributed by atoms with E-state index < -0.39 is 15.7 Å². The second-order valence-electron chi connectivity index (χ2n) is 2.30. The van der Waals surface area contributed by atoms with E-state index >= 15 is 0 Å². The van der Waals surface area contributed by atoms with Gasteiger partial charge in [0, 0.05) is 0 Å². The standard InChI is InChI=1S/C6H14NO2S/c1-2-3-4-5-10(8,9)6-7/h7H,2-6H2,1H3. The molecule has 0 aromatic carbocycles. The highest BCUT2D eigenvalue weighted by atomic mass is 32.2. The van der Waals surface area contributed by atoms with Gasteiger partial charge in [0.05, 0.1) is 5.75 Å². The van der Waals surface area contributed by atoms with Gasteiger partial charge in [-0.1, -0.05) is 19.8 Å². The molecule has 0 atom stereocenters. The van der Waals surface area contributed by atoms with Crippen LogP contribution in [0.4, 0.5) is 0 Å². The monoisotopic (exact) mass is 164 g/mol. The van der Waals surface area contributed by atoms with E-state index in [2.05, 4.69) is 0 Å². The first-order valence-corrected chi connectivity index (χ1v) is 5.29. The van der Waals surface area contributed by atoms with Gasteiger partial charge in [-0.05, 0) is 6.42 Å². The fourth-order valence-corrected chi connectivity index (χ4v) is 1.43. The molecule has 61 valence electrons. The number of sulfone groups is 1. The maximum Gasteiger partial charge on any atom is 0.164 e. The Kier molecular flexibility index (Phi) is 4.64. The molecule has 0 heterocycles. The molecule has 0 saturated carbocycles. The molecular formula is C6H14NO2S. The minimum Gasteiger partial charge on any atom is -0.242 e. The van der Waals surface area contributed by atoms with Crippen LogP contribution in [0, 0.1) is 0 Å². The Morgan fingerprint density at radius 1 is 1.30 bits per heavy atom. The minimum absolute atomic E-state index is 0.185. The van der Waals surface area contributed by atoms with Crippen molar-refractivity contribution in [3.05, 3.63) is 0 Å². The zero-order chi connectivity index (χ0) is 8.04. The summed E-state index contributed by atoms with van der Waals surface area (Å²) in [6, 6.07) is 0. The molecule has 1 N–H and O–H groups in total. The third-order valence-corrected chi connectivity index (χ3v) is 2.63. The predicted octanol–water partition coefficient (Wildman–Crippen LogP) is 0.832. The van der Waals surface area contributed by atoms with E-state index in [0.717, 1.165) is 12.8 Å². The molecule has 0 bridgehead atoms. The number of nitrogens with one attached hydrogen (secondary N) is 1. The summed E-state index contributed by atoms with van der Waals surface area (Å²) in [6.45, 7) is 2.02. The average Bonchev–Trinajstić information content (AvgIpc) is 1.89. The van der Waals surface area contributed by atoms with Crippen LogP contribution in [0.2, 0.25) is 0 Å². The van der Waals surface area contributed by atoms with Crippen LogP contribution in [0.5, 0.6) is 0 Å². The summed E-state index contributed by atoms with van der Waals surface area (Å²) in [5, 5.41) is 0. The first-order chi connectivity index (χ1) is 4.62. The van der Waals surface area contributed by atoms with Gasteiger partial charge in [0.1, 0.15) is 5.88 Å². The maximum absolute atomic E-state index is 10.7. The van der Waals surface area contributed by atoms with Gasteiger partial charge in [-0.15, -0.1) is 0 Å². The smallest absolute Gasteiger partial charge is 0.164 e. The Labute approximate surface area is 62.5 Å². The molecule has 0 rings (SSSR count). The van der Waals surface area contributed by atoms with E-state index in [1.165, 1.54) is 0 Å². The van der Waals surface area contributed by atoms with Crippen LogP contribution >= 0.6 is 0 Å². The molecule has 10 heavy (non-hydrogen) atoms. The fourth-order valence-electron chi connectivity index (χ4n) is 0.644. The Morgan fingerprint density at radius 2 is 1.90 bits per heavy atom. The van der Waals surface area contributed by atoms with Crippen LogP contribution in [0.1, 0.15) is 26.2 Å². The molecule has 0 aliphatic rings. The van der Waals surface area contributed by atoms with Crippen molar-refractivity contribution in [1.29, 1.82) is 0 Å². The summed E-state index contributed by atoms with van der Waals surface area (Å²) < 4.78 is 21.4. The van der Waals surface area contributed by atoms with Crippen LogP contribution in [0.25, 0.3) is 0 Å². The van der Waals surface area contributed by atoms with Crippen LogP contribution in [0.3, 0.4) is 0 Å². The Morgan fingerprint density at radius 3 is 2.30 bits per heavy atom. The lowest BCUT2D eigenvalue weighted by atomic mass is 10.3. The highest BCUT2D eigenvalue weighted by molar-refractivity contribution is 7.91. The van der Waals surface area contributed by atoms with Gasteiger partial charge in [0.15, 0.2) is 9.84 Å². The normalized spacial score (nSPS) is 11.8. The lowest BCUT2D eigenvalue weighted by Gasteiger charge is -1.97. The van der Waals surface area contributed by atoms with Gasteiger partial charge in [0.2, 0.25) is 0 Å². The molecule has 1 radical (unpaired) electrons. The lowest BCUT2D eigenvalue weighted by molar-refractivity contribution is 0.590. The number of hydrogen-bond donors (Lipinski definition) is 0. The largest absolute Gasteiger partial charge is 0.242 e. The first-order valence-electron chi connectivity index (χ1n) is 3.47. The predicted molar refractivity (Wildman–Crippen MR) is 41.3 cm³/mol. The minimum atomic E-state index is -3.03. The summed E-state index contributed by atoms with van der Waals surface area (Å²) in [5.41, 5.74) is 6.65. The number of unbranched alkanes of at least 4 members (excludes halogenated alkanes) is 2. The molecule has 0 amide bonds. The quantitative estimate of drug-likeness (QED) is 0.565. The maximum atomic E-state index is 10.7. The van der Waals surface area contributed by atoms with Crippen molar-refractivity contribution in [3.8, 4) is 0 Å². The average molecular weight is 164 g/mol. The van der Waals surface area contributed by atoms with Crippen molar-refractivity contribution < 1.29 is 8.42 Å². The fraction of sp³-hybridized carbons (Fsp3) is 1.00. The summed E-state index contributed by atoms with van der Waals surface area (Å²) in [7, 11) is -3.03.